The summed E-state index contributed by atoms with van der Waals surface area (Å²) in [7, 11) is 0. The molecule has 5 rings (SSSR count). The number of urea groups is 1. The van der Waals surface area contributed by atoms with Gasteiger partial charge in [-0.05, 0) is 44.1 Å². The Morgan fingerprint density at radius 2 is 1.85 bits per heavy atom. The molecular weight excluding hydrogens is 621 g/mol. The van der Waals surface area contributed by atoms with Crippen LogP contribution in [0.2, 0.25) is 0 Å². The number of nitrogens with zero attached hydrogens (tertiary/aromatic N) is 6. The zero-order valence-electron chi connectivity index (χ0n) is 27.3. The van der Waals surface area contributed by atoms with Crippen molar-refractivity contribution < 1.29 is 33.0 Å². The van der Waals surface area contributed by atoms with Crippen LogP contribution >= 0.6 is 0 Å². The summed E-state index contributed by atoms with van der Waals surface area (Å²) in [6.45, 7) is 11.0. The first-order valence-corrected chi connectivity index (χ1v) is 16.4. The largest absolute Gasteiger partial charge is 0.471 e. The van der Waals surface area contributed by atoms with Gasteiger partial charge in [0.1, 0.15) is 12.2 Å². The van der Waals surface area contributed by atoms with Gasteiger partial charge in [-0.3, -0.25) is 4.79 Å². The second-order valence-corrected chi connectivity index (χ2v) is 14.0. The van der Waals surface area contributed by atoms with Crippen LogP contribution in [-0.4, -0.2) is 122 Å². The topological polar surface area (TPSA) is 173 Å². The zero-order chi connectivity index (χ0) is 34.1. The van der Waals surface area contributed by atoms with Crippen LogP contribution in [0.25, 0.3) is 11.2 Å². The maximum atomic E-state index is 13.5. The SMILES string of the molecule is CCCN(C(=O)C(F)(F)F)[C@H]1C[C@@H](n2cnc3c(NCCC(C)(C)C)nc(N4CC[C@@H](NC(=O)NC5CCNC5)C4)nc32)[C@H](O)[C@H]1O. The predicted molar refractivity (Wildman–Crippen MR) is 169 cm³/mol. The van der Waals surface area contributed by atoms with Crippen LogP contribution < -0.4 is 26.2 Å². The van der Waals surface area contributed by atoms with Crippen LogP contribution in [0.5, 0.6) is 0 Å². The van der Waals surface area contributed by atoms with Crippen LogP contribution in [0.1, 0.15) is 65.8 Å². The molecule has 2 saturated heterocycles. The summed E-state index contributed by atoms with van der Waals surface area (Å²) in [6.07, 6.45) is -4.31. The van der Waals surface area contributed by atoms with Crippen LogP contribution in [0.15, 0.2) is 6.33 Å². The molecule has 1 saturated carbocycles. The fourth-order valence-electron chi connectivity index (χ4n) is 6.61. The molecule has 0 spiro atoms. The lowest BCUT2D eigenvalue weighted by molar-refractivity contribution is -0.190. The lowest BCUT2D eigenvalue weighted by Gasteiger charge is -2.31. The quantitative estimate of drug-likeness (QED) is 0.219. The minimum atomic E-state index is -5.12. The molecule has 0 aromatic carbocycles. The highest BCUT2D eigenvalue weighted by atomic mass is 19.4. The second kappa shape index (κ2) is 14.0. The van der Waals surface area contributed by atoms with Gasteiger partial charge in [0, 0.05) is 44.8 Å². The Bertz CT molecular complexity index is 1410. The molecule has 2 aromatic heterocycles. The van der Waals surface area contributed by atoms with Crippen molar-refractivity contribution in [2.45, 2.75) is 102 Å². The predicted octanol–water partition coefficient (Wildman–Crippen LogP) is 1.75. The molecule has 17 heteroatoms. The van der Waals surface area contributed by atoms with Crippen molar-refractivity contribution in [2.24, 2.45) is 5.41 Å². The van der Waals surface area contributed by atoms with Crippen LogP contribution in [0, 0.1) is 5.41 Å². The fraction of sp³-hybridized carbons (Fsp3) is 0.767. The molecular formula is C30H47F3N10O4. The summed E-state index contributed by atoms with van der Waals surface area (Å²) in [6, 6.07) is -2.45. The number of hydrogen-bond acceptors (Lipinski definition) is 10. The minimum Gasteiger partial charge on any atom is -0.388 e. The van der Waals surface area contributed by atoms with Gasteiger partial charge in [-0.15, -0.1) is 0 Å². The van der Waals surface area contributed by atoms with Gasteiger partial charge >= 0.3 is 18.1 Å². The molecule has 14 nitrogen and oxygen atoms in total. The number of imidazole rings is 1. The lowest BCUT2D eigenvalue weighted by atomic mass is 9.92. The van der Waals surface area contributed by atoms with Gasteiger partial charge in [0.05, 0.1) is 18.4 Å². The number of halogens is 3. The van der Waals surface area contributed by atoms with E-state index in [4.69, 9.17) is 9.97 Å². The third-order valence-corrected chi connectivity index (χ3v) is 9.13. The molecule has 3 fully saturated rings. The van der Waals surface area contributed by atoms with Gasteiger partial charge in [0.15, 0.2) is 17.0 Å². The van der Waals surface area contributed by atoms with Crippen molar-refractivity contribution in [3.63, 3.8) is 0 Å². The van der Waals surface area contributed by atoms with E-state index in [1.807, 2.05) is 4.90 Å². The number of rotatable bonds is 10. The lowest BCUT2D eigenvalue weighted by Crippen LogP contribution is -2.51. The highest BCUT2D eigenvalue weighted by Gasteiger charge is 2.51. The van der Waals surface area contributed by atoms with E-state index in [2.05, 4.69) is 47.0 Å². The minimum absolute atomic E-state index is 0.0433. The molecule has 262 valence electrons. The monoisotopic (exact) mass is 668 g/mol. The number of aromatic nitrogens is 4. The maximum Gasteiger partial charge on any atom is 0.471 e. The Kier molecular flexibility index (Phi) is 10.4. The number of carbonyl (C=O) groups excluding carboxylic acids is 2. The highest BCUT2D eigenvalue weighted by Crippen LogP contribution is 2.38. The molecule has 2 aromatic rings. The molecule has 2 aliphatic heterocycles. The molecule has 0 bridgehead atoms. The number of aliphatic hydroxyl groups excluding tert-OH is 2. The van der Waals surface area contributed by atoms with Crippen molar-refractivity contribution in [1.29, 1.82) is 0 Å². The van der Waals surface area contributed by atoms with Crippen LogP contribution in [-0.2, 0) is 4.79 Å². The first-order valence-electron chi connectivity index (χ1n) is 16.4. The standard InChI is InChI=1S/C30H47F3N10O4/c1-5-11-42(26(46)30(31,32)33)19-13-20(23(45)22(19)44)43-16-36-21-24(35-10-8-29(2,3)4)39-27(40-25(21)43)41-12-7-18(15-41)38-28(47)37-17-6-9-34-14-17/h16-20,22-23,34,44-45H,5-15H2,1-4H3,(H,35,39,40)(H2,37,38,47)/t17?,18-,19+,20-,22+,23+/m1/s1. The number of nitrogens with one attached hydrogen (secondary N) is 4. The van der Waals surface area contributed by atoms with Crippen LogP contribution in [0.4, 0.5) is 29.7 Å². The molecule has 3 aliphatic rings. The number of anilines is 2. The average molecular weight is 669 g/mol. The zero-order valence-corrected chi connectivity index (χ0v) is 27.3. The van der Waals surface area contributed by atoms with E-state index in [1.165, 1.54) is 6.33 Å². The molecule has 4 heterocycles. The number of amides is 3. The third-order valence-electron chi connectivity index (χ3n) is 9.13. The van der Waals surface area contributed by atoms with Gasteiger partial charge in [0.2, 0.25) is 5.95 Å². The summed E-state index contributed by atoms with van der Waals surface area (Å²) in [5, 5.41) is 34.7. The van der Waals surface area contributed by atoms with Gasteiger partial charge in [-0.2, -0.15) is 23.1 Å². The van der Waals surface area contributed by atoms with Crippen molar-refractivity contribution in [1.82, 2.24) is 40.4 Å². The Morgan fingerprint density at radius 1 is 1.11 bits per heavy atom. The molecule has 6 atom stereocenters. The number of carbonyl (C=O) groups is 2. The van der Waals surface area contributed by atoms with E-state index < -0.39 is 36.4 Å². The normalized spacial score (nSPS) is 26.6. The Morgan fingerprint density at radius 3 is 2.51 bits per heavy atom. The average Bonchev–Trinajstić information content (AvgIpc) is 3.80. The number of alkyl halides is 3. The van der Waals surface area contributed by atoms with Crippen molar-refractivity contribution >= 4 is 34.9 Å². The number of hydrogen-bond donors (Lipinski definition) is 6. The Labute approximate surface area is 271 Å². The molecule has 3 amide bonds. The highest BCUT2D eigenvalue weighted by molar-refractivity contribution is 5.85. The number of fused-ring (bicyclic) bond motifs is 1. The fourth-order valence-corrected chi connectivity index (χ4v) is 6.61. The van der Waals surface area contributed by atoms with Crippen LogP contribution in [0.3, 0.4) is 0 Å². The van der Waals surface area contributed by atoms with E-state index >= 15 is 0 Å². The van der Waals surface area contributed by atoms with E-state index in [-0.39, 0.29) is 42.9 Å². The van der Waals surface area contributed by atoms with Crippen molar-refractivity contribution in [2.75, 3.05) is 49.5 Å². The smallest absolute Gasteiger partial charge is 0.388 e. The summed E-state index contributed by atoms with van der Waals surface area (Å²) >= 11 is 0. The van der Waals surface area contributed by atoms with E-state index in [0.29, 0.717) is 53.9 Å². The molecule has 1 aliphatic carbocycles. The second-order valence-electron chi connectivity index (χ2n) is 14.0. The molecule has 47 heavy (non-hydrogen) atoms. The van der Waals surface area contributed by atoms with Gasteiger partial charge < -0.3 is 45.8 Å². The molecule has 0 radical (unpaired) electrons. The summed E-state index contributed by atoms with van der Waals surface area (Å²) in [5.74, 6) is -1.22. The van der Waals surface area contributed by atoms with E-state index in [9.17, 15) is 33.0 Å². The van der Waals surface area contributed by atoms with E-state index in [1.54, 1.807) is 11.5 Å². The number of aliphatic hydroxyl groups is 2. The van der Waals surface area contributed by atoms with Gasteiger partial charge in [-0.25, -0.2) is 9.78 Å². The maximum absolute atomic E-state index is 13.5. The van der Waals surface area contributed by atoms with Gasteiger partial charge in [-0.1, -0.05) is 27.7 Å². The first kappa shape index (κ1) is 34.9. The summed E-state index contributed by atoms with van der Waals surface area (Å²) in [4.78, 5) is 41.6. The first-order chi connectivity index (χ1) is 22.2. The van der Waals surface area contributed by atoms with Crippen molar-refractivity contribution in [3.8, 4) is 0 Å². The van der Waals surface area contributed by atoms with E-state index in [0.717, 1.165) is 25.9 Å². The van der Waals surface area contributed by atoms with Gasteiger partial charge in [0.25, 0.3) is 0 Å². The molecule has 6 N–H and O–H groups in total. The Hall–Kier alpha value is -3.44. The summed E-state index contributed by atoms with van der Waals surface area (Å²) < 4.78 is 42.0. The molecule has 1 unspecified atom stereocenters. The summed E-state index contributed by atoms with van der Waals surface area (Å²) in [5.41, 5.74) is 0.780. The van der Waals surface area contributed by atoms with Crippen molar-refractivity contribution in [3.05, 3.63) is 6.33 Å². The Balaban J connectivity index is 1.41. The third kappa shape index (κ3) is 8.00.